The van der Waals surface area contributed by atoms with Gasteiger partial charge in [-0.05, 0) is 37.5 Å². The van der Waals surface area contributed by atoms with Gasteiger partial charge in [0.05, 0.1) is 0 Å². The Morgan fingerprint density at radius 1 is 1.05 bits per heavy atom. The average molecular weight is 298 g/mol. The van der Waals surface area contributed by atoms with Crippen LogP contribution in [0.15, 0.2) is 42.5 Å². The van der Waals surface area contributed by atoms with Crippen LogP contribution >= 0.6 is 0 Å². The molecule has 2 aromatic carbocycles. The molecule has 3 rings (SSSR count). The second-order valence-electron chi connectivity index (χ2n) is 6.02. The van der Waals surface area contributed by atoms with Crippen molar-refractivity contribution in [1.29, 1.82) is 0 Å². The van der Waals surface area contributed by atoms with E-state index in [1.807, 2.05) is 12.1 Å². The highest BCUT2D eigenvalue weighted by Crippen LogP contribution is 2.26. The lowest BCUT2D eigenvalue weighted by Gasteiger charge is -2.22. The van der Waals surface area contributed by atoms with Gasteiger partial charge >= 0.3 is 0 Å². The number of benzene rings is 2. The van der Waals surface area contributed by atoms with Crippen molar-refractivity contribution in [1.82, 2.24) is 5.32 Å². The lowest BCUT2D eigenvalue weighted by atomic mass is 10.1. The van der Waals surface area contributed by atoms with Crippen LogP contribution in [0, 0.1) is 12.7 Å². The lowest BCUT2D eigenvalue weighted by molar-refractivity contribution is 0.587. The molecule has 1 heterocycles. The smallest absolute Gasteiger partial charge is 0.129 e. The van der Waals surface area contributed by atoms with Crippen molar-refractivity contribution >= 4 is 5.69 Å². The summed E-state index contributed by atoms with van der Waals surface area (Å²) in [6, 6.07) is 13.8. The summed E-state index contributed by atoms with van der Waals surface area (Å²) >= 11 is 0. The van der Waals surface area contributed by atoms with Gasteiger partial charge in [-0.3, -0.25) is 0 Å². The third-order valence-corrected chi connectivity index (χ3v) is 4.25. The van der Waals surface area contributed by atoms with Crippen LogP contribution in [-0.4, -0.2) is 13.1 Å². The molecule has 1 aliphatic rings. The molecule has 1 aliphatic heterocycles. The van der Waals surface area contributed by atoms with E-state index in [1.54, 1.807) is 6.07 Å². The first-order chi connectivity index (χ1) is 10.7. The van der Waals surface area contributed by atoms with Crippen molar-refractivity contribution in [2.45, 2.75) is 32.9 Å². The Morgan fingerprint density at radius 2 is 1.82 bits per heavy atom. The number of aryl methyl sites for hydroxylation is 1. The second-order valence-corrected chi connectivity index (χ2v) is 6.02. The van der Waals surface area contributed by atoms with Crippen LogP contribution in [-0.2, 0) is 13.1 Å². The zero-order valence-corrected chi connectivity index (χ0v) is 13.1. The van der Waals surface area contributed by atoms with E-state index < -0.39 is 0 Å². The van der Waals surface area contributed by atoms with Gasteiger partial charge in [-0.15, -0.1) is 0 Å². The first-order valence-corrected chi connectivity index (χ1v) is 8.02. The van der Waals surface area contributed by atoms with Crippen molar-refractivity contribution < 1.29 is 4.39 Å². The predicted octanol–water partition coefficient (Wildman–Crippen LogP) is 4.02. The average Bonchev–Trinajstić information content (AvgIpc) is 3.03. The zero-order valence-electron chi connectivity index (χ0n) is 13.1. The number of anilines is 1. The van der Waals surface area contributed by atoms with Crippen LogP contribution in [0.3, 0.4) is 0 Å². The van der Waals surface area contributed by atoms with Gasteiger partial charge in [0, 0.05) is 37.4 Å². The summed E-state index contributed by atoms with van der Waals surface area (Å²) in [6.07, 6.45) is 2.40. The van der Waals surface area contributed by atoms with Gasteiger partial charge in [-0.25, -0.2) is 4.39 Å². The van der Waals surface area contributed by atoms with Crippen molar-refractivity contribution in [2.75, 3.05) is 18.0 Å². The Kier molecular flexibility index (Phi) is 4.74. The fourth-order valence-corrected chi connectivity index (χ4v) is 3.13. The van der Waals surface area contributed by atoms with E-state index in [0.29, 0.717) is 6.54 Å². The van der Waals surface area contributed by atoms with Gasteiger partial charge in [0.15, 0.2) is 0 Å². The molecule has 1 saturated heterocycles. The maximum absolute atomic E-state index is 14.2. The summed E-state index contributed by atoms with van der Waals surface area (Å²) in [5.41, 5.74) is 4.33. The topological polar surface area (TPSA) is 15.3 Å². The molecule has 1 fully saturated rings. The highest BCUT2D eigenvalue weighted by atomic mass is 19.1. The molecule has 0 bridgehead atoms. The van der Waals surface area contributed by atoms with E-state index in [1.165, 1.54) is 24.0 Å². The molecule has 0 spiro atoms. The highest BCUT2D eigenvalue weighted by molar-refractivity contribution is 5.54. The van der Waals surface area contributed by atoms with Gasteiger partial charge in [0.25, 0.3) is 0 Å². The van der Waals surface area contributed by atoms with E-state index >= 15 is 0 Å². The molecule has 0 aromatic heterocycles. The van der Waals surface area contributed by atoms with Gasteiger partial charge in [0.2, 0.25) is 0 Å². The molecule has 0 radical (unpaired) electrons. The van der Waals surface area contributed by atoms with E-state index in [0.717, 1.165) is 30.9 Å². The number of halogens is 1. The predicted molar refractivity (Wildman–Crippen MR) is 89.6 cm³/mol. The Balaban J connectivity index is 1.69. The van der Waals surface area contributed by atoms with Gasteiger partial charge in [-0.2, -0.15) is 0 Å². The molecule has 0 saturated carbocycles. The monoisotopic (exact) mass is 298 g/mol. The summed E-state index contributed by atoms with van der Waals surface area (Å²) in [5.74, 6) is -0.110. The molecule has 116 valence electrons. The minimum atomic E-state index is -0.110. The number of rotatable bonds is 5. The highest BCUT2D eigenvalue weighted by Gasteiger charge is 2.17. The summed E-state index contributed by atoms with van der Waals surface area (Å²) in [5, 5.41) is 3.38. The molecular weight excluding hydrogens is 275 g/mol. The standard InChI is InChI=1S/C19H23FN2/c1-15-6-4-7-16(12-15)13-21-14-17-18(20)8-5-9-19(17)22-10-2-3-11-22/h4-9,12,21H,2-3,10-11,13-14H2,1H3. The normalized spacial score (nSPS) is 14.5. The van der Waals surface area contributed by atoms with Crippen LogP contribution in [0.5, 0.6) is 0 Å². The molecule has 0 aliphatic carbocycles. The van der Waals surface area contributed by atoms with Gasteiger partial charge in [-0.1, -0.05) is 35.9 Å². The molecular formula is C19H23FN2. The second kappa shape index (κ2) is 6.93. The minimum Gasteiger partial charge on any atom is -0.371 e. The number of hydrogen-bond donors (Lipinski definition) is 1. The third-order valence-electron chi connectivity index (χ3n) is 4.25. The number of nitrogens with zero attached hydrogens (tertiary/aromatic N) is 1. The molecule has 0 amide bonds. The largest absolute Gasteiger partial charge is 0.371 e. The van der Waals surface area contributed by atoms with Crippen molar-refractivity contribution in [3.8, 4) is 0 Å². The molecule has 3 heteroatoms. The Labute approximate surface area is 132 Å². The summed E-state index contributed by atoms with van der Waals surface area (Å²) in [7, 11) is 0. The van der Waals surface area contributed by atoms with E-state index in [4.69, 9.17) is 0 Å². The van der Waals surface area contributed by atoms with Crippen LogP contribution in [0.4, 0.5) is 10.1 Å². The van der Waals surface area contributed by atoms with Gasteiger partial charge in [0.1, 0.15) is 5.82 Å². The summed E-state index contributed by atoms with van der Waals surface area (Å²) < 4.78 is 14.2. The molecule has 0 unspecified atom stereocenters. The molecule has 22 heavy (non-hydrogen) atoms. The lowest BCUT2D eigenvalue weighted by Crippen LogP contribution is -2.22. The van der Waals surface area contributed by atoms with Crippen LogP contribution in [0.25, 0.3) is 0 Å². The molecule has 1 N–H and O–H groups in total. The number of nitrogens with one attached hydrogen (secondary N) is 1. The molecule has 2 aromatic rings. The quantitative estimate of drug-likeness (QED) is 0.896. The first kappa shape index (κ1) is 15.0. The summed E-state index contributed by atoms with van der Waals surface area (Å²) in [6.45, 7) is 5.48. The van der Waals surface area contributed by atoms with Gasteiger partial charge < -0.3 is 10.2 Å². The zero-order chi connectivity index (χ0) is 15.4. The van der Waals surface area contributed by atoms with Crippen LogP contribution < -0.4 is 10.2 Å². The van der Waals surface area contributed by atoms with Crippen molar-refractivity contribution in [3.63, 3.8) is 0 Å². The Hall–Kier alpha value is -1.87. The van der Waals surface area contributed by atoms with Crippen LogP contribution in [0.2, 0.25) is 0 Å². The number of hydrogen-bond acceptors (Lipinski definition) is 2. The Bertz CT molecular complexity index is 633. The molecule has 2 nitrogen and oxygen atoms in total. The fourth-order valence-electron chi connectivity index (χ4n) is 3.13. The van der Waals surface area contributed by atoms with Crippen molar-refractivity contribution in [2.24, 2.45) is 0 Å². The molecule has 0 atom stereocenters. The summed E-state index contributed by atoms with van der Waals surface area (Å²) in [4.78, 5) is 2.30. The van der Waals surface area contributed by atoms with E-state index in [9.17, 15) is 4.39 Å². The fraction of sp³-hybridized carbons (Fsp3) is 0.368. The van der Waals surface area contributed by atoms with Crippen molar-refractivity contribution in [3.05, 3.63) is 65.0 Å². The Morgan fingerprint density at radius 3 is 2.59 bits per heavy atom. The van der Waals surface area contributed by atoms with Crippen LogP contribution in [0.1, 0.15) is 29.5 Å². The maximum atomic E-state index is 14.2. The minimum absolute atomic E-state index is 0.110. The SMILES string of the molecule is Cc1cccc(CNCc2c(F)cccc2N2CCCC2)c1. The third kappa shape index (κ3) is 3.47. The van der Waals surface area contributed by atoms with E-state index in [-0.39, 0.29) is 5.82 Å². The van der Waals surface area contributed by atoms with E-state index in [2.05, 4.69) is 41.4 Å². The maximum Gasteiger partial charge on any atom is 0.129 e. The first-order valence-electron chi connectivity index (χ1n) is 8.02.